The van der Waals surface area contributed by atoms with Crippen molar-refractivity contribution in [3.8, 4) is 0 Å². The third kappa shape index (κ3) is 4.44. The minimum absolute atomic E-state index is 0.0595. The Morgan fingerprint density at radius 2 is 1.90 bits per heavy atom. The van der Waals surface area contributed by atoms with Crippen LogP contribution in [0.25, 0.3) is 0 Å². The summed E-state index contributed by atoms with van der Waals surface area (Å²) in [7, 11) is 0. The van der Waals surface area contributed by atoms with E-state index in [9.17, 15) is 14.7 Å². The van der Waals surface area contributed by atoms with Gasteiger partial charge in [0.15, 0.2) is 0 Å². The molecule has 3 N–H and O–H groups in total. The zero-order valence-corrected chi connectivity index (χ0v) is 13.3. The summed E-state index contributed by atoms with van der Waals surface area (Å²) < 4.78 is 0. The number of carboxylic acid groups (broad SMARTS) is 1. The highest BCUT2D eigenvalue weighted by Crippen LogP contribution is 2.19. The van der Waals surface area contributed by atoms with Gasteiger partial charge in [0, 0.05) is 10.7 Å². The Labute approximate surface area is 129 Å². The van der Waals surface area contributed by atoms with Crippen molar-refractivity contribution in [2.24, 2.45) is 0 Å². The highest BCUT2D eigenvalue weighted by Gasteiger charge is 2.34. The molecular weight excluding hydrogens is 292 g/mol. The number of halogens is 1. The zero-order chi connectivity index (χ0) is 16.0. The highest BCUT2D eigenvalue weighted by molar-refractivity contribution is 6.30. The molecular formula is C15H21ClN2O3. The van der Waals surface area contributed by atoms with Gasteiger partial charge in [0.1, 0.15) is 5.54 Å². The molecule has 1 aromatic rings. The van der Waals surface area contributed by atoms with Crippen LogP contribution >= 0.6 is 11.6 Å². The van der Waals surface area contributed by atoms with E-state index >= 15 is 0 Å². The molecule has 1 aromatic carbocycles. The third-order valence-corrected chi connectivity index (χ3v) is 3.90. The zero-order valence-electron chi connectivity index (χ0n) is 12.5. The number of rotatable bonds is 7. The lowest BCUT2D eigenvalue weighted by Gasteiger charge is -2.27. The van der Waals surface area contributed by atoms with Crippen LogP contribution in [-0.2, 0) is 9.59 Å². The Morgan fingerprint density at radius 1 is 1.29 bits per heavy atom. The van der Waals surface area contributed by atoms with Crippen LogP contribution < -0.4 is 10.6 Å². The molecule has 0 bridgehead atoms. The van der Waals surface area contributed by atoms with Crippen molar-refractivity contribution in [3.63, 3.8) is 0 Å². The number of aryl methyl sites for hydroxylation is 1. The second-order valence-corrected chi connectivity index (χ2v) is 5.39. The molecule has 1 amide bonds. The standard InChI is InChI=1S/C15H21ClN2O3/c1-4-15(5-2,14(20)21)17-9-13(19)18-12-7-6-11(16)8-10(12)3/h6-8,17H,4-5,9H2,1-3H3,(H,18,19)(H,20,21). The van der Waals surface area contributed by atoms with Crippen LogP contribution in [0.5, 0.6) is 0 Å². The topological polar surface area (TPSA) is 78.4 Å². The number of anilines is 1. The van der Waals surface area contributed by atoms with Gasteiger partial charge in [0.25, 0.3) is 0 Å². The molecule has 0 heterocycles. The number of carbonyl (C=O) groups is 2. The minimum atomic E-state index is -1.06. The summed E-state index contributed by atoms with van der Waals surface area (Å²) in [6.45, 7) is 5.35. The van der Waals surface area contributed by atoms with E-state index in [1.54, 1.807) is 32.0 Å². The average Bonchev–Trinajstić information content (AvgIpc) is 2.43. The summed E-state index contributed by atoms with van der Waals surface area (Å²) in [6.07, 6.45) is 0.818. The fourth-order valence-electron chi connectivity index (χ4n) is 2.09. The van der Waals surface area contributed by atoms with Crippen LogP contribution in [0.1, 0.15) is 32.3 Å². The maximum Gasteiger partial charge on any atom is 0.323 e. The van der Waals surface area contributed by atoms with Crippen molar-refractivity contribution in [2.45, 2.75) is 39.2 Å². The number of hydrogen-bond donors (Lipinski definition) is 3. The van der Waals surface area contributed by atoms with Crippen molar-refractivity contribution >= 4 is 29.2 Å². The number of benzene rings is 1. The van der Waals surface area contributed by atoms with Crippen LogP contribution in [0.4, 0.5) is 5.69 Å². The summed E-state index contributed by atoms with van der Waals surface area (Å²) in [5.41, 5.74) is 0.457. The van der Waals surface area contributed by atoms with Crippen molar-refractivity contribution in [3.05, 3.63) is 28.8 Å². The second kappa shape index (κ2) is 7.43. The number of carbonyl (C=O) groups excluding carboxylic acids is 1. The molecule has 5 nitrogen and oxygen atoms in total. The van der Waals surface area contributed by atoms with Crippen LogP contribution in [-0.4, -0.2) is 29.1 Å². The van der Waals surface area contributed by atoms with Gasteiger partial charge < -0.3 is 10.4 Å². The lowest BCUT2D eigenvalue weighted by Crippen LogP contribution is -2.53. The summed E-state index contributed by atoms with van der Waals surface area (Å²) in [5.74, 6) is -1.23. The predicted octanol–water partition coefficient (Wildman–Crippen LogP) is 2.82. The molecule has 116 valence electrons. The van der Waals surface area contributed by atoms with Crippen LogP contribution in [0, 0.1) is 6.92 Å². The fourth-order valence-corrected chi connectivity index (χ4v) is 2.32. The lowest BCUT2D eigenvalue weighted by atomic mass is 9.93. The van der Waals surface area contributed by atoms with Gasteiger partial charge in [-0.1, -0.05) is 25.4 Å². The Morgan fingerprint density at radius 3 is 2.38 bits per heavy atom. The molecule has 0 saturated carbocycles. The molecule has 0 atom stereocenters. The van der Waals surface area contributed by atoms with Gasteiger partial charge in [-0.15, -0.1) is 0 Å². The molecule has 0 spiro atoms. The van der Waals surface area contributed by atoms with E-state index in [4.69, 9.17) is 11.6 Å². The third-order valence-electron chi connectivity index (χ3n) is 3.67. The van der Waals surface area contributed by atoms with Crippen molar-refractivity contribution < 1.29 is 14.7 Å². The van der Waals surface area contributed by atoms with Gasteiger partial charge in [0.05, 0.1) is 6.54 Å². The van der Waals surface area contributed by atoms with Gasteiger partial charge >= 0.3 is 5.97 Å². The number of amides is 1. The van der Waals surface area contributed by atoms with Crippen LogP contribution in [0.3, 0.4) is 0 Å². The predicted molar refractivity (Wildman–Crippen MR) is 83.8 cm³/mol. The molecule has 0 unspecified atom stereocenters. The van der Waals surface area contributed by atoms with Crippen molar-refractivity contribution in [2.75, 3.05) is 11.9 Å². The molecule has 0 saturated heterocycles. The lowest BCUT2D eigenvalue weighted by molar-refractivity contribution is -0.145. The van der Waals surface area contributed by atoms with E-state index in [0.717, 1.165) is 5.56 Å². The summed E-state index contributed by atoms with van der Waals surface area (Å²) in [5, 5.41) is 15.5. The first-order chi connectivity index (χ1) is 9.84. The van der Waals surface area contributed by atoms with E-state index in [-0.39, 0.29) is 12.5 Å². The Balaban J connectivity index is 2.67. The first-order valence-electron chi connectivity index (χ1n) is 6.89. The molecule has 1 rings (SSSR count). The van der Waals surface area contributed by atoms with Gasteiger partial charge in [-0.2, -0.15) is 0 Å². The van der Waals surface area contributed by atoms with Crippen molar-refractivity contribution in [1.82, 2.24) is 5.32 Å². The van der Waals surface area contributed by atoms with Gasteiger partial charge in [-0.05, 0) is 43.5 Å². The SMILES string of the molecule is CCC(CC)(NCC(=O)Nc1ccc(Cl)cc1C)C(=O)O. The Bertz CT molecular complexity index is 528. The number of hydrogen-bond acceptors (Lipinski definition) is 3. The quantitative estimate of drug-likeness (QED) is 0.723. The van der Waals surface area contributed by atoms with Gasteiger partial charge in [-0.3, -0.25) is 14.9 Å². The van der Waals surface area contributed by atoms with Gasteiger partial charge in [0.2, 0.25) is 5.91 Å². The van der Waals surface area contributed by atoms with Gasteiger partial charge in [-0.25, -0.2) is 0 Å². The van der Waals surface area contributed by atoms with E-state index in [1.807, 2.05) is 6.92 Å². The summed E-state index contributed by atoms with van der Waals surface area (Å²) >= 11 is 5.86. The largest absolute Gasteiger partial charge is 0.480 e. The number of nitrogens with one attached hydrogen (secondary N) is 2. The molecule has 0 aliphatic heterocycles. The maximum atomic E-state index is 12.0. The van der Waals surface area contributed by atoms with Crippen LogP contribution in [0.2, 0.25) is 5.02 Å². The van der Waals surface area contributed by atoms with E-state index in [2.05, 4.69) is 10.6 Å². The molecule has 0 fully saturated rings. The Hall–Kier alpha value is -1.59. The second-order valence-electron chi connectivity index (χ2n) is 4.96. The number of aliphatic carboxylic acids is 1. The van der Waals surface area contributed by atoms with Crippen LogP contribution in [0.15, 0.2) is 18.2 Å². The molecule has 0 aromatic heterocycles. The summed E-state index contributed by atoms with van der Waals surface area (Å²) in [6, 6.07) is 5.17. The van der Waals surface area contributed by atoms with E-state index < -0.39 is 11.5 Å². The maximum absolute atomic E-state index is 12.0. The monoisotopic (exact) mass is 312 g/mol. The average molecular weight is 313 g/mol. The summed E-state index contributed by atoms with van der Waals surface area (Å²) in [4.78, 5) is 23.3. The smallest absolute Gasteiger partial charge is 0.323 e. The molecule has 6 heteroatoms. The normalized spacial score (nSPS) is 11.2. The van der Waals surface area contributed by atoms with E-state index in [0.29, 0.717) is 23.6 Å². The fraction of sp³-hybridized carbons (Fsp3) is 0.467. The highest BCUT2D eigenvalue weighted by atomic mass is 35.5. The Kier molecular flexibility index (Phi) is 6.18. The molecule has 0 aliphatic rings. The molecule has 0 aliphatic carbocycles. The first-order valence-corrected chi connectivity index (χ1v) is 7.27. The number of carboxylic acids is 1. The van der Waals surface area contributed by atoms with E-state index in [1.165, 1.54) is 0 Å². The minimum Gasteiger partial charge on any atom is -0.480 e. The molecule has 0 radical (unpaired) electrons. The van der Waals surface area contributed by atoms with Crippen molar-refractivity contribution in [1.29, 1.82) is 0 Å². The molecule has 21 heavy (non-hydrogen) atoms. The first kappa shape index (κ1) is 17.5.